The molecule has 1 aliphatic rings. The van der Waals surface area contributed by atoms with Crippen LogP contribution in [-0.4, -0.2) is 46.9 Å². The minimum Gasteiger partial charge on any atom is -0.461 e. The lowest BCUT2D eigenvalue weighted by molar-refractivity contribution is -0.137. The Morgan fingerprint density at radius 2 is 1.78 bits per heavy atom. The van der Waals surface area contributed by atoms with Crippen molar-refractivity contribution in [2.75, 3.05) is 25.0 Å². The number of amides is 2. The van der Waals surface area contributed by atoms with Gasteiger partial charge in [0.05, 0.1) is 12.3 Å². The first kappa shape index (κ1) is 24.3. The summed E-state index contributed by atoms with van der Waals surface area (Å²) in [6.07, 6.45) is 1.64. The first-order chi connectivity index (χ1) is 15.1. The number of anilines is 1. The van der Waals surface area contributed by atoms with Crippen LogP contribution >= 0.6 is 11.3 Å². The lowest BCUT2D eigenvalue weighted by Gasteiger charge is -2.37. The van der Waals surface area contributed by atoms with E-state index in [0.717, 1.165) is 40.2 Å². The maximum Gasteiger partial charge on any atom is 0.357 e. The molecule has 1 fully saturated rings. The number of likely N-dealkylation sites (tertiary alicyclic amines) is 1. The Morgan fingerprint density at radius 1 is 1.16 bits per heavy atom. The standard InChI is InChI=1S/C24H35N3O4S/c1-8-18(22(29)26-11-13(3)10-14(4)12-26)27-21(24(30)31-9-2)20(25-17(7)28)19-15(5)16(6)32-23(19)27/h13-14,18H,8-12H2,1-7H3,(H,25,28). The summed E-state index contributed by atoms with van der Waals surface area (Å²) in [6, 6.07) is -0.547. The molecule has 1 aliphatic heterocycles. The van der Waals surface area contributed by atoms with Crippen molar-refractivity contribution < 1.29 is 19.1 Å². The van der Waals surface area contributed by atoms with Crippen molar-refractivity contribution in [3.05, 3.63) is 16.1 Å². The molecule has 1 N–H and O–H groups in total. The Kier molecular flexibility index (Phi) is 7.32. The molecule has 0 aliphatic carbocycles. The van der Waals surface area contributed by atoms with Crippen LogP contribution in [0, 0.1) is 25.7 Å². The summed E-state index contributed by atoms with van der Waals surface area (Å²) in [5, 5.41) is 3.68. The lowest BCUT2D eigenvalue weighted by Crippen LogP contribution is -2.46. The summed E-state index contributed by atoms with van der Waals surface area (Å²) in [5.41, 5.74) is 1.70. The number of carbonyl (C=O) groups is 3. The number of nitrogens with zero attached hydrogens (tertiary/aromatic N) is 2. The van der Waals surface area contributed by atoms with Crippen LogP contribution in [0.5, 0.6) is 0 Å². The van der Waals surface area contributed by atoms with E-state index in [1.165, 1.54) is 6.92 Å². The average Bonchev–Trinajstić information content (AvgIpc) is 3.16. The number of esters is 1. The highest BCUT2D eigenvalue weighted by Crippen LogP contribution is 2.43. The number of fused-ring (bicyclic) bond motifs is 1. The number of hydrogen-bond donors (Lipinski definition) is 1. The molecule has 0 spiro atoms. The van der Waals surface area contributed by atoms with Crippen molar-refractivity contribution in [1.29, 1.82) is 0 Å². The molecule has 7 nitrogen and oxygen atoms in total. The second-order valence-electron chi connectivity index (χ2n) is 9.07. The van der Waals surface area contributed by atoms with Gasteiger partial charge in [-0.25, -0.2) is 4.79 Å². The SMILES string of the molecule is CCOC(=O)c1c(NC(C)=O)c2c(C)c(C)sc2n1C(CC)C(=O)N1CC(C)CC(C)C1. The predicted octanol–water partition coefficient (Wildman–Crippen LogP) is 4.91. The fraction of sp³-hybridized carbons (Fsp3) is 0.625. The Labute approximate surface area is 194 Å². The largest absolute Gasteiger partial charge is 0.461 e. The molecule has 0 radical (unpaired) electrons. The molecular weight excluding hydrogens is 426 g/mol. The van der Waals surface area contributed by atoms with Gasteiger partial charge in [-0.3, -0.25) is 9.59 Å². The highest BCUT2D eigenvalue weighted by molar-refractivity contribution is 7.19. The van der Waals surface area contributed by atoms with E-state index in [0.29, 0.717) is 23.9 Å². The molecule has 2 amide bonds. The highest BCUT2D eigenvalue weighted by atomic mass is 32.1. The van der Waals surface area contributed by atoms with Crippen LogP contribution in [-0.2, 0) is 14.3 Å². The van der Waals surface area contributed by atoms with Gasteiger partial charge in [0, 0.05) is 30.3 Å². The summed E-state index contributed by atoms with van der Waals surface area (Å²) >= 11 is 1.54. The van der Waals surface area contributed by atoms with Crippen LogP contribution in [0.15, 0.2) is 0 Å². The highest BCUT2D eigenvalue weighted by Gasteiger charge is 2.36. The fourth-order valence-corrected chi connectivity index (χ4v) is 6.15. The second-order valence-corrected chi connectivity index (χ2v) is 10.3. The van der Waals surface area contributed by atoms with Gasteiger partial charge in [-0.05, 0) is 51.0 Å². The molecule has 3 atom stereocenters. The van der Waals surface area contributed by atoms with Crippen LogP contribution < -0.4 is 5.32 Å². The van der Waals surface area contributed by atoms with Gasteiger partial charge in [-0.1, -0.05) is 20.8 Å². The smallest absolute Gasteiger partial charge is 0.357 e. The molecule has 3 rings (SSSR count). The van der Waals surface area contributed by atoms with Crippen molar-refractivity contribution in [3.8, 4) is 0 Å². The van der Waals surface area contributed by atoms with E-state index < -0.39 is 12.0 Å². The van der Waals surface area contributed by atoms with E-state index in [1.54, 1.807) is 18.3 Å². The summed E-state index contributed by atoms with van der Waals surface area (Å²) < 4.78 is 7.21. The van der Waals surface area contributed by atoms with Crippen LogP contribution in [0.3, 0.4) is 0 Å². The number of piperidine rings is 1. The lowest BCUT2D eigenvalue weighted by atomic mass is 9.91. The summed E-state index contributed by atoms with van der Waals surface area (Å²) in [6.45, 7) is 15.1. The van der Waals surface area contributed by atoms with Crippen molar-refractivity contribution in [1.82, 2.24) is 9.47 Å². The van der Waals surface area contributed by atoms with Gasteiger partial charge in [-0.15, -0.1) is 11.3 Å². The number of rotatable bonds is 6. The summed E-state index contributed by atoms with van der Waals surface area (Å²) in [7, 11) is 0. The van der Waals surface area contributed by atoms with Crippen molar-refractivity contribution >= 4 is 45.0 Å². The Bertz CT molecular complexity index is 1030. The predicted molar refractivity (Wildman–Crippen MR) is 128 cm³/mol. The normalized spacial score (nSPS) is 19.8. The third kappa shape index (κ3) is 4.42. The van der Waals surface area contributed by atoms with Crippen LogP contribution in [0.2, 0.25) is 0 Å². The number of carbonyl (C=O) groups excluding carboxylic acids is 3. The topological polar surface area (TPSA) is 80.6 Å². The molecule has 0 aromatic carbocycles. The van der Waals surface area contributed by atoms with E-state index in [2.05, 4.69) is 19.2 Å². The van der Waals surface area contributed by atoms with Crippen molar-refractivity contribution in [2.24, 2.45) is 11.8 Å². The molecule has 3 heterocycles. The maximum atomic E-state index is 13.8. The van der Waals surface area contributed by atoms with Gasteiger partial charge < -0.3 is 19.5 Å². The van der Waals surface area contributed by atoms with E-state index >= 15 is 0 Å². The quantitative estimate of drug-likeness (QED) is 0.620. The van der Waals surface area contributed by atoms with E-state index in [-0.39, 0.29) is 24.1 Å². The van der Waals surface area contributed by atoms with Crippen LogP contribution in [0.1, 0.15) is 74.4 Å². The average molecular weight is 462 g/mol. The Balaban J connectivity index is 2.23. The number of nitrogens with one attached hydrogen (secondary N) is 1. The van der Waals surface area contributed by atoms with E-state index in [9.17, 15) is 14.4 Å². The van der Waals surface area contributed by atoms with Crippen LogP contribution in [0.4, 0.5) is 5.69 Å². The van der Waals surface area contributed by atoms with Crippen LogP contribution in [0.25, 0.3) is 10.2 Å². The Hall–Kier alpha value is -2.35. The molecule has 176 valence electrons. The third-order valence-electron chi connectivity index (χ3n) is 6.25. The van der Waals surface area contributed by atoms with Gasteiger partial charge in [0.2, 0.25) is 11.8 Å². The molecule has 2 aromatic heterocycles. The maximum absolute atomic E-state index is 13.8. The molecule has 32 heavy (non-hydrogen) atoms. The molecular formula is C24H35N3O4S. The van der Waals surface area contributed by atoms with Gasteiger partial charge in [-0.2, -0.15) is 0 Å². The monoisotopic (exact) mass is 461 g/mol. The zero-order valence-corrected chi connectivity index (χ0v) is 21.0. The zero-order valence-electron chi connectivity index (χ0n) is 20.2. The molecule has 2 aromatic rings. The molecule has 8 heteroatoms. The molecule has 0 bridgehead atoms. The van der Waals surface area contributed by atoms with Gasteiger partial charge >= 0.3 is 5.97 Å². The Morgan fingerprint density at radius 3 is 2.31 bits per heavy atom. The first-order valence-corrected chi connectivity index (χ1v) is 12.3. The third-order valence-corrected chi connectivity index (χ3v) is 7.45. The summed E-state index contributed by atoms with van der Waals surface area (Å²) in [5.74, 6) is 0.108. The number of aryl methyl sites for hydroxylation is 2. The number of ether oxygens (including phenoxy) is 1. The molecule has 0 saturated carbocycles. The van der Waals surface area contributed by atoms with Crippen molar-refractivity contribution in [3.63, 3.8) is 0 Å². The number of hydrogen-bond acceptors (Lipinski definition) is 5. The second kappa shape index (κ2) is 9.65. The van der Waals surface area contributed by atoms with E-state index in [4.69, 9.17) is 4.74 Å². The van der Waals surface area contributed by atoms with Gasteiger partial charge in [0.25, 0.3) is 0 Å². The fourth-order valence-electron chi connectivity index (χ4n) is 4.93. The minimum absolute atomic E-state index is 0.0198. The zero-order chi connectivity index (χ0) is 23.7. The van der Waals surface area contributed by atoms with Crippen molar-refractivity contribution in [2.45, 2.75) is 67.3 Å². The number of thiophene rings is 1. The van der Waals surface area contributed by atoms with Gasteiger partial charge in [0.1, 0.15) is 10.9 Å². The molecule has 3 unspecified atom stereocenters. The van der Waals surface area contributed by atoms with Gasteiger partial charge in [0.15, 0.2) is 5.69 Å². The number of aromatic nitrogens is 1. The van der Waals surface area contributed by atoms with E-state index in [1.807, 2.05) is 30.2 Å². The minimum atomic E-state index is -0.547. The summed E-state index contributed by atoms with van der Waals surface area (Å²) in [4.78, 5) is 42.9. The first-order valence-electron chi connectivity index (χ1n) is 11.5. The molecule has 1 saturated heterocycles.